The molecule has 0 aromatic heterocycles. The molecule has 7 heteroatoms. The molecular formula is C24H30N4O3. The van der Waals surface area contributed by atoms with Crippen molar-refractivity contribution in [1.82, 2.24) is 15.5 Å². The van der Waals surface area contributed by atoms with Gasteiger partial charge in [0.2, 0.25) is 11.8 Å². The highest BCUT2D eigenvalue weighted by Gasteiger charge is 2.27. The van der Waals surface area contributed by atoms with E-state index in [-0.39, 0.29) is 23.9 Å². The van der Waals surface area contributed by atoms with Gasteiger partial charge in [0, 0.05) is 38.2 Å². The number of likely N-dealkylation sites (tertiary alicyclic amines) is 1. The van der Waals surface area contributed by atoms with E-state index in [1.54, 1.807) is 4.90 Å². The van der Waals surface area contributed by atoms with Gasteiger partial charge in [0.1, 0.15) is 6.04 Å². The Labute approximate surface area is 183 Å². The molecule has 31 heavy (non-hydrogen) atoms. The fourth-order valence-corrected chi connectivity index (χ4v) is 3.78. The molecule has 1 atom stereocenters. The van der Waals surface area contributed by atoms with Crippen molar-refractivity contribution in [2.24, 2.45) is 0 Å². The number of carbonyl (C=O) groups is 3. The van der Waals surface area contributed by atoms with Crippen molar-refractivity contribution >= 4 is 23.5 Å². The van der Waals surface area contributed by atoms with Crippen LogP contribution in [0.25, 0.3) is 0 Å². The number of anilines is 1. The average Bonchev–Trinajstić information content (AvgIpc) is 2.74. The number of carbonyl (C=O) groups excluding carboxylic acids is 3. The fraction of sp³-hybridized carbons (Fsp3) is 0.375. The van der Waals surface area contributed by atoms with Gasteiger partial charge in [0.05, 0.1) is 0 Å². The summed E-state index contributed by atoms with van der Waals surface area (Å²) in [6, 6.07) is 16.5. The molecule has 1 aliphatic heterocycles. The predicted octanol–water partition coefficient (Wildman–Crippen LogP) is 2.85. The molecule has 0 saturated carbocycles. The molecule has 3 rings (SSSR count). The number of hydrogen-bond donors (Lipinski definition) is 3. The summed E-state index contributed by atoms with van der Waals surface area (Å²) in [5.41, 5.74) is 2.87. The lowest BCUT2D eigenvalue weighted by Gasteiger charge is -2.33. The molecule has 2 aromatic rings. The summed E-state index contributed by atoms with van der Waals surface area (Å²) in [5, 5.41) is 8.71. The Hall–Kier alpha value is -3.35. The maximum Gasteiger partial charge on any atom is 0.321 e. The number of amides is 4. The topological polar surface area (TPSA) is 90.5 Å². The van der Waals surface area contributed by atoms with Gasteiger partial charge >= 0.3 is 6.03 Å². The maximum absolute atomic E-state index is 12.9. The first-order chi connectivity index (χ1) is 14.9. The highest BCUT2D eigenvalue weighted by atomic mass is 16.2. The quantitative estimate of drug-likeness (QED) is 0.669. The second kappa shape index (κ2) is 10.6. The fourth-order valence-electron chi connectivity index (χ4n) is 3.78. The second-order valence-electron chi connectivity index (χ2n) is 8.01. The van der Waals surface area contributed by atoms with E-state index < -0.39 is 6.04 Å². The van der Waals surface area contributed by atoms with Crippen LogP contribution in [0.3, 0.4) is 0 Å². The number of nitrogens with zero attached hydrogens (tertiary/aromatic N) is 1. The van der Waals surface area contributed by atoms with Crippen molar-refractivity contribution in [2.75, 3.05) is 18.4 Å². The molecule has 0 spiro atoms. The van der Waals surface area contributed by atoms with Crippen LogP contribution in [0.4, 0.5) is 10.5 Å². The Kier molecular flexibility index (Phi) is 7.65. The lowest BCUT2D eigenvalue weighted by Crippen LogP contribution is -2.53. The molecule has 1 saturated heterocycles. The van der Waals surface area contributed by atoms with Crippen LogP contribution < -0.4 is 16.0 Å². The van der Waals surface area contributed by atoms with Gasteiger partial charge in [-0.1, -0.05) is 48.0 Å². The SMILES string of the molecule is CC(=O)N[C@@H](Cc1cccc(C)c1)C(=O)NC1CCN(C(=O)Nc2ccccc2)CC1. The third-order valence-corrected chi connectivity index (χ3v) is 5.37. The molecule has 1 aliphatic rings. The lowest BCUT2D eigenvalue weighted by atomic mass is 10.0. The summed E-state index contributed by atoms with van der Waals surface area (Å²) >= 11 is 0. The van der Waals surface area contributed by atoms with Gasteiger partial charge in [-0.2, -0.15) is 0 Å². The van der Waals surface area contributed by atoms with Gasteiger partial charge in [-0.3, -0.25) is 9.59 Å². The molecule has 3 N–H and O–H groups in total. The van der Waals surface area contributed by atoms with Gasteiger partial charge in [-0.25, -0.2) is 4.79 Å². The Bertz CT molecular complexity index is 908. The minimum atomic E-state index is -0.626. The molecular weight excluding hydrogens is 392 g/mol. The van der Waals surface area contributed by atoms with E-state index in [1.165, 1.54) is 6.92 Å². The highest BCUT2D eigenvalue weighted by molar-refractivity contribution is 5.89. The zero-order valence-electron chi connectivity index (χ0n) is 18.1. The van der Waals surface area contributed by atoms with E-state index in [2.05, 4.69) is 16.0 Å². The summed E-state index contributed by atoms with van der Waals surface area (Å²) in [7, 11) is 0. The van der Waals surface area contributed by atoms with Crippen molar-refractivity contribution in [3.05, 3.63) is 65.7 Å². The number of piperidine rings is 1. The van der Waals surface area contributed by atoms with Crippen LogP contribution in [0.5, 0.6) is 0 Å². The van der Waals surface area contributed by atoms with Crippen LogP contribution in [0, 0.1) is 6.92 Å². The van der Waals surface area contributed by atoms with E-state index >= 15 is 0 Å². The van der Waals surface area contributed by atoms with Gasteiger partial charge in [0.25, 0.3) is 0 Å². The minimum absolute atomic E-state index is 0.0259. The Morgan fingerprint density at radius 3 is 2.39 bits per heavy atom. The van der Waals surface area contributed by atoms with Gasteiger partial charge in [-0.15, -0.1) is 0 Å². The number of aryl methyl sites for hydroxylation is 1. The molecule has 0 radical (unpaired) electrons. The third kappa shape index (κ3) is 6.84. The Morgan fingerprint density at radius 1 is 1.03 bits per heavy atom. The van der Waals surface area contributed by atoms with Crippen LogP contribution in [0.15, 0.2) is 54.6 Å². The second-order valence-corrected chi connectivity index (χ2v) is 8.01. The predicted molar refractivity (Wildman–Crippen MR) is 121 cm³/mol. The van der Waals surface area contributed by atoms with Crippen molar-refractivity contribution in [1.29, 1.82) is 0 Å². The van der Waals surface area contributed by atoms with E-state index in [0.717, 1.165) is 16.8 Å². The monoisotopic (exact) mass is 422 g/mol. The summed E-state index contributed by atoms with van der Waals surface area (Å²) in [6.07, 6.45) is 1.78. The van der Waals surface area contributed by atoms with Crippen LogP contribution in [-0.2, 0) is 16.0 Å². The van der Waals surface area contributed by atoms with E-state index in [0.29, 0.717) is 32.4 Å². The van der Waals surface area contributed by atoms with Gasteiger partial charge in [0.15, 0.2) is 0 Å². The largest absolute Gasteiger partial charge is 0.351 e. The Morgan fingerprint density at radius 2 is 1.74 bits per heavy atom. The number of benzene rings is 2. The summed E-state index contributed by atoms with van der Waals surface area (Å²) in [5.74, 6) is -0.427. The summed E-state index contributed by atoms with van der Waals surface area (Å²) in [4.78, 5) is 38.7. The number of hydrogen-bond acceptors (Lipinski definition) is 3. The minimum Gasteiger partial charge on any atom is -0.351 e. The van der Waals surface area contributed by atoms with Crippen molar-refractivity contribution < 1.29 is 14.4 Å². The van der Waals surface area contributed by atoms with E-state index in [1.807, 2.05) is 61.5 Å². The van der Waals surface area contributed by atoms with E-state index in [4.69, 9.17) is 0 Å². The molecule has 0 bridgehead atoms. The Balaban J connectivity index is 1.52. The molecule has 7 nitrogen and oxygen atoms in total. The number of urea groups is 1. The number of rotatable bonds is 6. The maximum atomic E-state index is 12.9. The standard InChI is InChI=1S/C24H30N4O3/c1-17-7-6-8-19(15-17)16-22(25-18(2)29)23(30)26-21-11-13-28(14-12-21)24(31)27-20-9-4-3-5-10-20/h3-10,15,21-22H,11-14,16H2,1-2H3,(H,25,29)(H,26,30)(H,27,31)/t22-/m0/s1. The highest BCUT2D eigenvalue weighted by Crippen LogP contribution is 2.14. The first kappa shape index (κ1) is 22.3. The molecule has 4 amide bonds. The summed E-state index contributed by atoms with van der Waals surface area (Å²) < 4.78 is 0. The van der Waals surface area contributed by atoms with Crippen LogP contribution >= 0.6 is 0 Å². The molecule has 0 aliphatic carbocycles. The van der Waals surface area contributed by atoms with E-state index in [9.17, 15) is 14.4 Å². The molecule has 164 valence electrons. The lowest BCUT2D eigenvalue weighted by molar-refractivity contribution is -0.128. The smallest absolute Gasteiger partial charge is 0.321 e. The number of nitrogens with one attached hydrogen (secondary N) is 3. The van der Waals surface area contributed by atoms with Gasteiger partial charge in [-0.05, 0) is 37.5 Å². The number of para-hydroxylation sites is 1. The van der Waals surface area contributed by atoms with Crippen molar-refractivity contribution in [3.8, 4) is 0 Å². The third-order valence-electron chi connectivity index (χ3n) is 5.37. The van der Waals surface area contributed by atoms with Crippen LogP contribution in [-0.4, -0.2) is 47.9 Å². The zero-order chi connectivity index (χ0) is 22.2. The zero-order valence-corrected chi connectivity index (χ0v) is 18.1. The first-order valence-electron chi connectivity index (χ1n) is 10.6. The van der Waals surface area contributed by atoms with Crippen molar-refractivity contribution in [3.63, 3.8) is 0 Å². The molecule has 2 aromatic carbocycles. The van der Waals surface area contributed by atoms with Crippen LogP contribution in [0.1, 0.15) is 30.9 Å². The molecule has 1 fully saturated rings. The van der Waals surface area contributed by atoms with Crippen LogP contribution in [0.2, 0.25) is 0 Å². The molecule has 1 heterocycles. The normalized spacial score (nSPS) is 15.1. The first-order valence-corrected chi connectivity index (χ1v) is 10.6. The average molecular weight is 423 g/mol. The van der Waals surface area contributed by atoms with Crippen molar-refractivity contribution in [2.45, 2.75) is 45.2 Å². The summed E-state index contributed by atoms with van der Waals surface area (Å²) in [6.45, 7) is 4.54. The van der Waals surface area contributed by atoms with Gasteiger partial charge < -0.3 is 20.9 Å². The molecule has 0 unspecified atom stereocenters.